The van der Waals surface area contributed by atoms with Crippen LogP contribution in [0.3, 0.4) is 0 Å². The number of nitrogens with two attached hydrogens (primary N) is 1. The highest BCUT2D eigenvalue weighted by atomic mass is 16.5. The van der Waals surface area contributed by atoms with E-state index in [1.54, 1.807) is 0 Å². The van der Waals surface area contributed by atoms with Crippen molar-refractivity contribution in [3.8, 4) is 12.3 Å². The van der Waals surface area contributed by atoms with Gasteiger partial charge in [-0.2, -0.15) is 0 Å². The maximum atomic E-state index is 10.1. The van der Waals surface area contributed by atoms with Crippen molar-refractivity contribution in [2.24, 2.45) is 5.73 Å². The monoisotopic (exact) mass is 127 g/mol. The molecule has 0 aromatic rings. The molecular formula is C5H5NO3. The second-order valence-electron chi connectivity index (χ2n) is 1.14. The molecule has 0 saturated heterocycles. The second-order valence-corrected chi connectivity index (χ2v) is 1.14. The predicted octanol–water partition coefficient (Wildman–Crippen LogP) is -1.35. The zero-order valence-electron chi connectivity index (χ0n) is 4.59. The van der Waals surface area contributed by atoms with Crippen LogP contribution >= 0.6 is 0 Å². The molecule has 0 aliphatic heterocycles. The van der Waals surface area contributed by atoms with Crippen molar-refractivity contribution in [1.82, 2.24) is 0 Å². The summed E-state index contributed by atoms with van der Waals surface area (Å²) >= 11 is 0. The maximum absolute atomic E-state index is 10.1. The number of terminal acetylenes is 1. The van der Waals surface area contributed by atoms with Gasteiger partial charge in [0.2, 0.25) is 0 Å². The Balaban J connectivity index is 3.55. The third-order valence-electron chi connectivity index (χ3n) is 0.488. The molecule has 0 fully saturated rings. The molecule has 4 nitrogen and oxygen atoms in total. The van der Waals surface area contributed by atoms with Crippen molar-refractivity contribution in [2.75, 3.05) is 6.61 Å². The molecule has 48 valence electrons. The molecule has 9 heavy (non-hydrogen) atoms. The van der Waals surface area contributed by atoms with Crippen molar-refractivity contribution in [1.29, 1.82) is 0 Å². The van der Waals surface area contributed by atoms with Crippen molar-refractivity contribution in [2.45, 2.75) is 0 Å². The fraction of sp³-hybridized carbons (Fsp3) is 0.200. The first kappa shape index (κ1) is 7.50. The molecule has 0 unspecified atom stereocenters. The smallest absolute Gasteiger partial charge is 0.397 e. The van der Waals surface area contributed by atoms with E-state index in [9.17, 15) is 9.59 Å². The van der Waals surface area contributed by atoms with Gasteiger partial charge in [-0.15, -0.1) is 6.42 Å². The molecule has 4 heteroatoms. The minimum absolute atomic E-state index is 0.220. The first-order chi connectivity index (χ1) is 4.18. The number of ether oxygens (including phenoxy) is 1. The molecule has 0 radical (unpaired) electrons. The minimum atomic E-state index is -1.13. The van der Waals surface area contributed by atoms with E-state index in [1.807, 2.05) is 5.92 Å². The van der Waals surface area contributed by atoms with Crippen LogP contribution in [0.2, 0.25) is 0 Å². The molecule has 0 atom stereocenters. The Morgan fingerprint density at radius 2 is 2.22 bits per heavy atom. The molecule has 0 aliphatic rings. The lowest BCUT2D eigenvalue weighted by atomic mass is 10.6. The standard InChI is InChI=1S/C5H5NO3/c1-2-3-9-5(8)4(6)7/h1H,3H2,(H2,6,7). The molecule has 0 aliphatic carbocycles. The van der Waals surface area contributed by atoms with Crippen LogP contribution in [0.1, 0.15) is 0 Å². The Bertz CT molecular complexity index is 168. The summed E-state index contributed by atoms with van der Waals surface area (Å²) < 4.78 is 4.10. The Hall–Kier alpha value is -1.50. The van der Waals surface area contributed by atoms with Crippen molar-refractivity contribution in [3.05, 3.63) is 0 Å². The topological polar surface area (TPSA) is 69.4 Å². The van der Waals surface area contributed by atoms with E-state index in [-0.39, 0.29) is 6.61 Å². The molecular weight excluding hydrogens is 122 g/mol. The van der Waals surface area contributed by atoms with Gasteiger partial charge in [-0.1, -0.05) is 5.92 Å². The zero-order valence-corrected chi connectivity index (χ0v) is 4.59. The fourth-order valence-corrected chi connectivity index (χ4v) is 0.178. The summed E-state index contributed by atoms with van der Waals surface area (Å²) in [5.41, 5.74) is 4.49. The molecule has 1 amide bonds. The van der Waals surface area contributed by atoms with E-state index >= 15 is 0 Å². The first-order valence-electron chi connectivity index (χ1n) is 2.08. The predicted molar refractivity (Wildman–Crippen MR) is 29.0 cm³/mol. The van der Waals surface area contributed by atoms with Crippen LogP contribution in [0.5, 0.6) is 0 Å². The van der Waals surface area contributed by atoms with Crippen LogP contribution in [0.25, 0.3) is 0 Å². The number of hydrogen-bond donors (Lipinski definition) is 1. The van der Waals surface area contributed by atoms with Gasteiger partial charge < -0.3 is 10.5 Å². The van der Waals surface area contributed by atoms with Crippen LogP contribution in [-0.2, 0) is 14.3 Å². The highest BCUT2D eigenvalue weighted by Crippen LogP contribution is 1.72. The number of carbonyl (C=O) groups excluding carboxylic acids is 2. The van der Waals surface area contributed by atoms with Gasteiger partial charge in [0.15, 0.2) is 6.61 Å². The van der Waals surface area contributed by atoms with Crippen LogP contribution in [0.4, 0.5) is 0 Å². The van der Waals surface area contributed by atoms with Gasteiger partial charge in [0.05, 0.1) is 0 Å². The van der Waals surface area contributed by atoms with Crippen LogP contribution < -0.4 is 5.73 Å². The molecule has 0 aromatic carbocycles. The zero-order chi connectivity index (χ0) is 7.28. The Labute approximate surface area is 52.0 Å². The normalized spacial score (nSPS) is 7.44. The summed E-state index contributed by atoms with van der Waals surface area (Å²) in [6, 6.07) is 0. The van der Waals surface area contributed by atoms with Gasteiger partial charge in [-0.25, -0.2) is 4.79 Å². The van der Waals surface area contributed by atoms with E-state index in [0.717, 1.165) is 0 Å². The van der Waals surface area contributed by atoms with Crippen molar-refractivity contribution >= 4 is 11.9 Å². The summed E-state index contributed by atoms with van der Waals surface area (Å²) in [5, 5.41) is 0. The van der Waals surface area contributed by atoms with Crippen LogP contribution in [0, 0.1) is 12.3 Å². The molecule has 0 bridgehead atoms. The average molecular weight is 127 g/mol. The Morgan fingerprint density at radius 3 is 2.56 bits per heavy atom. The van der Waals surface area contributed by atoms with Gasteiger partial charge in [-0.05, 0) is 0 Å². The van der Waals surface area contributed by atoms with Crippen molar-refractivity contribution < 1.29 is 14.3 Å². The second kappa shape index (κ2) is 3.50. The summed E-state index contributed by atoms with van der Waals surface area (Å²) in [4.78, 5) is 20.0. The van der Waals surface area contributed by atoms with Gasteiger partial charge in [0.1, 0.15) is 0 Å². The van der Waals surface area contributed by atoms with Gasteiger partial charge in [-0.3, -0.25) is 4.79 Å². The van der Waals surface area contributed by atoms with Crippen LogP contribution in [0.15, 0.2) is 0 Å². The third-order valence-corrected chi connectivity index (χ3v) is 0.488. The third kappa shape index (κ3) is 3.12. The van der Waals surface area contributed by atoms with E-state index in [0.29, 0.717) is 0 Å². The molecule has 0 aromatic heterocycles. The van der Waals surface area contributed by atoms with Gasteiger partial charge >= 0.3 is 11.9 Å². The Morgan fingerprint density at radius 1 is 1.67 bits per heavy atom. The lowest BCUT2D eigenvalue weighted by Gasteiger charge is -1.92. The summed E-state index contributed by atoms with van der Waals surface area (Å²) in [6.45, 7) is -0.220. The number of primary amides is 1. The van der Waals surface area contributed by atoms with E-state index in [4.69, 9.17) is 6.42 Å². The molecule has 0 heterocycles. The lowest BCUT2D eigenvalue weighted by Crippen LogP contribution is -2.25. The quantitative estimate of drug-likeness (QED) is 0.269. The van der Waals surface area contributed by atoms with Crippen LogP contribution in [-0.4, -0.2) is 18.5 Å². The van der Waals surface area contributed by atoms with E-state index in [1.165, 1.54) is 0 Å². The molecule has 2 N–H and O–H groups in total. The van der Waals surface area contributed by atoms with Gasteiger partial charge in [0.25, 0.3) is 0 Å². The summed E-state index contributed by atoms with van der Waals surface area (Å²) in [6.07, 6.45) is 4.70. The number of esters is 1. The van der Waals surface area contributed by atoms with E-state index in [2.05, 4.69) is 10.5 Å². The summed E-state index contributed by atoms with van der Waals surface area (Å²) in [7, 11) is 0. The SMILES string of the molecule is C#CCOC(=O)C(N)=O. The fourth-order valence-electron chi connectivity index (χ4n) is 0.178. The highest BCUT2D eigenvalue weighted by molar-refractivity contribution is 6.31. The van der Waals surface area contributed by atoms with Gasteiger partial charge in [0, 0.05) is 0 Å². The highest BCUT2D eigenvalue weighted by Gasteiger charge is 2.07. The molecule has 0 spiro atoms. The summed E-state index contributed by atoms with van der Waals surface area (Å²) in [5.74, 6) is -0.235. The maximum Gasteiger partial charge on any atom is 0.397 e. The Kier molecular flexibility index (Phi) is 2.91. The minimum Gasteiger partial charge on any atom is -0.445 e. The van der Waals surface area contributed by atoms with E-state index < -0.39 is 11.9 Å². The lowest BCUT2D eigenvalue weighted by molar-refractivity contribution is -0.152. The number of amides is 1. The number of carbonyl (C=O) groups is 2. The van der Waals surface area contributed by atoms with Crippen molar-refractivity contribution in [3.63, 3.8) is 0 Å². The number of hydrogen-bond acceptors (Lipinski definition) is 3. The molecule has 0 rings (SSSR count). The largest absolute Gasteiger partial charge is 0.445 e. The average Bonchev–Trinajstić information content (AvgIpc) is 1.82. The molecule has 0 saturated carbocycles. The first-order valence-corrected chi connectivity index (χ1v) is 2.08. The number of rotatable bonds is 1.